The number of carbonyl (C=O) groups excluding carboxylic acids is 1. The Morgan fingerprint density at radius 3 is 2.86 bits per heavy atom. The van der Waals surface area contributed by atoms with Gasteiger partial charge in [0.15, 0.2) is 5.78 Å². The molecule has 2 heterocycles. The lowest BCUT2D eigenvalue weighted by molar-refractivity contribution is 0.0248. The molecule has 1 aliphatic rings. The molecule has 0 spiro atoms. The summed E-state index contributed by atoms with van der Waals surface area (Å²) in [5, 5.41) is 13.0. The van der Waals surface area contributed by atoms with Crippen molar-refractivity contribution >= 4 is 37.8 Å². The van der Waals surface area contributed by atoms with Crippen molar-refractivity contribution in [3.63, 3.8) is 0 Å². The maximum Gasteiger partial charge on any atom is 0.335 e. The van der Waals surface area contributed by atoms with Crippen molar-refractivity contribution in [2.45, 2.75) is 43.8 Å². The first-order valence-corrected chi connectivity index (χ1v) is 13.3. The molecule has 36 heavy (non-hydrogen) atoms. The lowest BCUT2D eigenvalue weighted by Gasteiger charge is -2.17. The smallest absolute Gasteiger partial charge is 0.335 e. The number of nitrogens with one attached hydrogen (secondary N) is 2. The molecular weight excluding hydrogens is 557 g/mol. The van der Waals surface area contributed by atoms with Crippen molar-refractivity contribution in [3.05, 3.63) is 76.4 Å². The van der Waals surface area contributed by atoms with Gasteiger partial charge in [0.1, 0.15) is 30.5 Å². The van der Waals surface area contributed by atoms with Crippen LogP contribution in [0, 0.1) is 0 Å². The zero-order valence-electron chi connectivity index (χ0n) is 19.4. The summed E-state index contributed by atoms with van der Waals surface area (Å²) < 4.78 is 47.8. The number of rotatable bonds is 9. The van der Waals surface area contributed by atoms with E-state index < -0.39 is 34.7 Å². The van der Waals surface area contributed by atoms with Crippen LogP contribution in [0.3, 0.4) is 0 Å². The van der Waals surface area contributed by atoms with Gasteiger partial charge in [-0.2, -0.15) is 13.1 Å². The summed E-state index contributed by atoms with van der Waals surface area (Å²) in [7, 11) is -2.99. The van der Waals surface area contributed by atoms with Crippen molar-refractivity contribution in [1.29, 1.82) is 0 Å². The molecule has 0 bridgehead atoms. The Morgan fingerprint density at radius 1 is 1.36 bits per heavy atom. The Bertz CT molecular complexity index is 1350. The standard InChI is InChI=1S/C23H25BrFN5O5S/c1-13(14-4-3-5-16(24)8-14)30-7-6-15(11-30)21(31)17-10-27-12-28-23(17)29-18-9-19(22(32)20(18)25)35-36(33,34)26-2/h3-8,10-13,18-20,22,26,32H,9H2,1-2H3,(H,27,28,29)/t13-,18+,19+,20+,22+/m0/s1. The van der Waals surface area contributed by atoms with Crippen LogP contribution in [0.4, 0.5) is 10.2 Å². The number of benzene rings is 1. The van der Waals surface area contributed by atoms with Crippen LogP contribution in [0.25, 0.3) is 0 Å². The van der Waals surface area contributed by atoms with Gasteiger partial charge in [0, 0.05) is 42.1 Å². The minimum atomic E-state index is -4.13. The van der Waals surface area contributed by atoms with Crippen LogP contribution >= 0.6 is 15.9 Å². The van der Waals surface area contributed by atoms with Gasteiger partial charge in [-0.05, 0) is 30.7 Å². The summed E-state index contributed by atoms with van der Waals surface area (Å²) in [4.78, 5) is 21.3. The van der Waals surface area contributed by atoms with E-state index in [1.807, 2.05) is 40.5 Å². The van der Waals surface area contributed by atoms with Crippen LogP contribution in [0.5, 0.6) is 0 Å². The van der Waals surface area contributed by atoms with Gasteiger partial charge in [-0.15, -0.1) is 0 Å². The lowest BCUT2D eigenvalue weighted by atomic mass is 10.1. The van der Waals surface area contributed by atoms with Gasteiger partial charge in [0.2, 0.25) is 0 Å². The average Bonchev–Trinajstić information content (AvgIpc) is 3.45. The maximum absolute atomic E-state index is 14.8. The number of nitrogens with zero attached hydrogens (tertiary/aromatic N) is 3. The fraction of sp³-hybridized carbons (Fsp3) is 0.348. The van der Waals surface area contributed by atoms with Gasteiger partial charge in [0.25, 0.3) is 0 Å². The molecule has 1 fully saturated rings. The number of hydrogen-bond acceptors (Lipinski definition) is 8. The van der Waals surface area contributed by atoms with E-state index >= 15 is 0 Å². The number of ketones is 1. The summed E-state index contributed by atoms with van der Waals surface area (Å²) in [6, 6.07) is 8.47. The lowest BCUT2D eigenvalue weighted by Crippen LogP contribution is -2.35. The summed E-state index contributed by atoms with van der Waals surface area (Å²) in [5.41, 5.74) is 1.55. The normalized spacial score (nSPS) is 22.9. The molecule has 0 amide bonds. The molecule has 3 aromatic rings. The molecule has 192 valence electrons. The van der Waals surface area contributed by atoms with E-state index in [-0.39, 0.29) is 29.6 Å². The predicted octanol–water partition coefficient (Wildman–Crippen LogP) is 2.61. The zero-order chi connectivity index (χ0) is 26.0. The average molecular weight is 582 g/mol. The molecule has 1 aliphatic carbocycles. The molecule has 1 aromatic carbocycles. The highest BCUT2D eigenvalue weighted by molar-refractivity contribution is 9.10. The number of halogens is 2. The molecule has 1 saturated carbocycles. The van der Waals surface area contributed by atoms with Crippen LogP contribution in [0.2, 0.25) is 0 Å². The second-order valence-corrected chi connectivity index (χ2v) is 10.8. The summed E-state index contributed by atoms with van der Waals surface area (Å²) in [6.07, 6.45) is 1.04. The van der Waals surface area contributed by atoms with Gasteiger partial charge in [-0.25, -0.2) is 14.4 Å². The second kappa shape index (κ2) is 10.7. The molecule has 0 unspecified atom stereocenters. The zero-order valence-corrected chi connectivity index (χ0v) is 21.8. The van der Waals surface area contributed by atoms with Crippen LogP contribution in [-0.4, -0.2) is 65.3 Å². The molecule has 3 N–H and O–H groups in total. The van der Waals surface area contributed by atoms with Gasteiger partial charge in [-0.1, -0.05) is 28.1 Å². The highest BCUT2D eigenvalue weighted by Crippen LogP contribution is 2.30. The molecule has 13 heteroatoms. The van der Waals surface area contributed by atoms with E-state index in [0.717, 1.165) is 17.1 Å². The minimum absolute atomic E-state index is 0.0354. The first kappa shape index (κ1) is 26.4. The fourth-order valence-corrected chi connectivity index (χ4v) is 5.11. The Morgan fingerprint density at radius 2 is 2.14 bits per heavy atom. The Labute approximate surface area is 216 Å². The SMILES string of the molecule is CNS(=O)(=O)O[C@@H]1C[C@@H](Nc2ncncc2C(=O)c2ccn([C@@H](C)c3cccc(Br)c3)c2)[C@@H](F)[C@@H]1O. The van der Waals surface area contributed by atoms with E-state index in [1.165, 1.54) is 12.5 Å². The van der Waals surface area contributed by atoms with Crippen molar-refractivity contribution in [2.24, 2.45) is 0 Å². The highest BCUT2D eigenvalue weighted by atomic mass is 79.9. The number of alkyl halides is 1. The molecular formula is C23H25BrFN5O5S. The van der Waals surface area contributed by atoms with Gasteiger partial charge >= 0.3 is 10.3 Å². The van der Waals surface area contributed by atoms with Gasteiger partial charge in [-0.3, -0.25) is 8.98 Å². The minimum Gasteiger partial charge on any atom is -0.387 e. The molecule has 0 radical (unpaired) electrons. The van der Waals surface area contributed by atoms with Crippen LogP contribution in [0.15, 0.2) is 59.7 Å². The monoisotopic (exact) mass is 581 g/mol. The molecule has 2 aromatic heterocycles. The van der Waals surface area contributed by atoms with E-state index in [4.69, 9.17) is 4.18 Å². The molecule has 5 atom stereocenters. The van der Waals surface area contributed by atoms with Crippen LogP contribution in [0.1, 0.15) is 40.9 Å². The third-order valence-corrected chi connectivity index (χ3v) is 7.61. The predicted molar refractivity (Wildman–Crippen MR) is 134 cm³/mol. The number of aromatic nitrogens is 3. The number of carbonyl (C=O) groups is 1. The van der Waals surface area contributed by atoms with E-state index in [9.17, 15) is 22.7 Å². The Hall–Kier alpha value is -2.71. The molecule has 0 saturated heterocycles. The third kappa shape index (κ3) is 5.65. The number of aliphatic hydroxyl groups excluding tert-OH is 1. The van der Waals surface area contributed by atoms with Crippen molar-refractivity contribution in [1.82, 2.24) is 19.3 Å². The summed E-state index contributed by atoms with van der Waals surface area (Å²) >= 11 is 3.47. The quantitative estimate of drug-likeness (QED) is 0.328. The number of anilines is 1. The largest absolute Gasteiger partial charge is 0.387 e. The Balaban J connectivity index is 1.52. The number of hydrogen-bond donors (Lipinski definition) is 3. The van der Waals surface area contributed by atoms with Crippen LogP contribution in [-0.2, 0) is 14.5 Å². The highest BCUT2D eigenvalue weighted by Gasteiger charge is 2.46. The number of aliphatic hydroxyl groups is 1. The molecule has 10 nitrogen and oxygen atoms in total. The summed E-state index contributed by atoms with van der Waals surface area (Å²) in [5.74, 6) is -0.308. The second-order valence-electron chi connectivity index (χ2n) is 8.41. The van der Waals surface area contributed by atoms with E-state index in [0.29, 0.717) is 5.56 Å². The van der Waals surface area contributed by atoms with Gasteiger partial charge < -0.3 is 15.0 Å². The molecule has 4 rings (SSSR count). The first-order chi connectivity index (χ1) is 17.1. The topological polar surface area (TPSA) is 135 Å². The van der Waals surface area contributed by atoms with E-state index in [1.54, 1.807) is 18.5 Å². The first-order valence-electron chi connectivity index (χ1n) is 11.1. The maximum atomic E-state index is 14.8. The van der Waals surface area contributed by atoms with Crippen LogP contribution < -0.4 is 10.0 Å². The van der Waals surface area contributed by atoms with Gasteiger partial charge in [0.05, 0.1) is 17.6 Å². The van der Waals surface area contributed by atoms with Crippen molar-refractivity contribution < 1.29 is 26.9 Å². The molecule has 0 aliphatic heterocycles. The Kier molecular flexibility index (Phi) is 7.85. The van der Waals surface area contributed by atoms with Crippen molar-refractivity contribution in [3.8, 4) is 0 Å². The fourth-order valence-electron chi connectivity index (χ4n) is 4.08. The third-order valence-electron chi connectivity index (χ3n) is 6.11. The van der Waals surface area contributed by atoms with Crippen molar-refractivity contribution in [2.75, 3.05) is 12.4 Å². The van der Waals surface area contributed by atoms with E-state index in [2.05, 4.69) is 31.2 Å². The summed E-state index contributed by atoms with van der Waals surface area (Å²) in [6.45, 7) is 2.01.